The van der Waals surface area contributed by atoms with Gasteiger partial charge in [0.05, 0.1) is 0 Å². The van der Waals surface area contributed by atoms with Gasteiger partial charge in [-0.15, -0.1) is 0 Å². The fourth-order valence-corrected chi connectivity index (χ4v) is 1.56. The van der Waals surface area contributed by atoms with Crippen LogP contribution in [-0.4, -0.2) is 12.2 Å². The third-order valence-electron chi connectivity index (χ3n) is 2.33. The van der Waals surface area contributed by atoms with E-state index in [-0.39, 0.29) is 18.3 Å². The Labute approximate surface area is 110 Å². The quantitative estimate of drug-likeness (QED) is 0.838. The first-order valence-electron chi connectivity index (χ1n) is 5.72. The third-order valence-corrected chi connectivity index (χ3v) is 2.33. The van der Waals surface area contributed by atoms with Crippen molar-refractivity contribution in [3.63, 3.8) is 0 Å². The van der Waals surface area contributed by atoms with Gasteiger partial charge in [-0.05, 0) is 24.3 Å². The highest BCUT2D eigenvalue weighted by Crippen LogP contribution is 2.19. The average Bonchev–Trinajstić information content (AvgIpc) is 2.84. The molecule has 98 valence electrons. The van der Waals surface area contributed by atoms with Crippen molar-refractivity contribution >= 4 is 17.9 Å². The molecule has 5 heteroatoms. The molecule has 19 heavy (non-hydrogen) atoms. The second-order valence-corrected chi connectivity index (χ2v) is 3.92. The topological polar surface area (TPSA) is 68.5 Å². The van der Waals surface area contributed by atoms with Crippen LogP contribution in [0.2, 0.25) is 0 Å². The molecule has 1 N–H and O–H groups in total. The van der Waals surface area contributed by atoms with Crippen molar-refractivity contribution in [2.24, 2.45) is 0 Å². The van der Waals surface area contributed by atoms with Crippen LogP contribution in [0.25, 0.3) is 0 Å². The number of hydrogen-bond donors (Lipinski definition) is 1. The molecule has 0 atom stereocenters. The van der Waals surface area contributed by atoms with Crippen LogP contribution in [0.15, 0.2) is 40.8 Å². The van der Waals surface area contributed by atoms with E-state index < -0.39 is 0 Å². The van der Waals surface area contributed by atoms with Crippen molar-refractivity contribution < 1.29 is 18.7 Å². The molecule has 1 aromatic heterocycles. The van der Waals surface area contributed by atoms with E-state index in [1.54, 1.807) is 36.4 Å². The van der Waals surface area contributed by atoms with Gasteiger partial charge in [0.15, 0.2) is 12.0 Å². The minimum Gasteiger partial charge on any atom is -0.486 e. The monoisotopic (exact) mass is 259 g/mol. The second kappa shape index (κ2) is 5.86. The summed E-state index contributed by atoms with van der Waals surface area (Å²) in [6, 6.07) is 10.3. The smallest absolute Gasteiger partial charge is 0.221 e. The maximum absolute atomic E-state index is 10.9. The number of carbonyl (C=O) groups is 2. The summed E-state index contributed by atoms with van der Waals surface area (Å²) < 4.78 is 10.7. The Bertz CT molecular complexity index is 589. The number of carbonyl (C=O) groups excluding carboxylic acids is 2. The first kappa shape index (κ1) is 12.9. The standard InChI is InChI=1S/C14H13NO4/c1-10(17)15-11-3-2-4-12(7-11)18-9-14-6-5-13(8-16)19-14/h2-8H,9H2,1H3,(H,15,17). The molecule has 0 radical (unpaired) electrons. The predicted molar refractivity (Wildman–Crippen MR) is 69.2 cm³/mol. The summed E-state index contributed by atoms with van der Waals surface area (Å²) in [4.78, 5) is 21.4. The molecule has 0 saturated heterocycles. The van der Waals surface area contributed by atoms with Crippen LogP contribution in [0.5, 0.6) is 5.75 Å². The number of aldehydes is 1. The van der Waals surface area contributed by atoms with Crippen molar-refractivity contribution in [3.8, 4) is 5.75 Å². The molecule has 2 rings (SSSR count). The van der Waals surface area contributed by atoms with Crippen LogP contribution in [0.1, 0.15) is 23.2 Å². The number of amides is 1. The van der Waals surface area contributed by atoms with E-state index in [2.05, 4.69) is 5.32 Å². The van der Waals surface area contributed by atoms with Crippen molar-refractivity contribution in [2.75, 3.05) is 5.32 Å². The van der Waals surface area contributed by atoms with Crippen LogP contribution < -0.4 is 10.1 Å². The number of hydrogen-bond acceptors (Lipinski definition) is 4. The molecular weight excluding hydrogens is 246 g/mol. The van der Waals surface area contributed by atoms with Gasteiger partial charge in [-0.2, -0.15) is 0 Å². The molecule has 0 saturated carbocycles. The maximum Gasteiger partial charge on any atom is 0.221 e. The molecular formula is C14H13NO4. The molecule has 2 aromatic rings. The number of nitrogens with one attached hydrogen (secondary N) is 1. The van der Waals surface area contributed by atoms with Gasteiger partial charge in [0, 0.05) is 18.7 Å². The van der Waals surface area contributed by atoms with E-state index in [0.29, 0.717) is 23.5 Å². The predicted octanol–water partition coefficient (Wildman–Crippen LogP) is 2.63. The summed E-state index contributed by atoms with van der Waals surface area (Å²) >= 11 is 0. The highest BCUT2D eigenvalue weighted by Gasteiger charge is 2.03. The number of anilines is 1. The Kier molecular flexibility index (Phi) is 3.97. The molecule has 0 aliphatic heterocycles. The Morgan fingerprint density at radius 3 is 2.89 bits per heavy atom. The van der Waals surface area contributed by atoms with Gasteiger partial charge in [-0.25, -0.2) is 0 Å². The summed E-state index contributed by atoms with van der Waals surface area (Å²) in [5.74, 6) is 1.30. The molecule has 1 heterocycles. The van der Waals surface area contributed by atoms with E-state index in [0.717, 1.165) is 0 Å². The fourth-order valence-electron chi connectivity index (χ4n) is 1.56. The lowest BCUT2D eigenvalue weighted by atomic mass is 10.3. The van der Waals surface area contributed by atoms with Gasteiger partial charge in [-0.1, -0.05) is 6.07 Å². The summed E-state index contributed by atoms with van der Waals surface area (Å²) in [6.07, 6.45) is 0.640. The van der Waals surface area contributed by atoms with Crippen molar-refractivity contribution in [1.29, 1.82) is 0 Å². The lowest BCUT2D eigenvalue weighted by Gasteiger charge is -2.07. The molecule has 0 aliphatic rings. The molecule has 0 unspecified atom stereocenters. The zero-order valence-corrected chi connectivity index (χ0v) is 10.4. The highest BCUT2D eigenvalue weighted by atomic mass is 16.5. The highest BCUT2D eigenvalue weighted by molar-refractivity contribution is 5.88. The summed E-state index contributed by atoms with van der Waals surface area (Å²) in [7, 11) is 0. The number of benzene rings is 1. The van der Waals surface area contributed by atoms with Crippen molar-refractivity contribution in [2.45, 2.75) is 13.5 Å². The van der Waals surface area contributed by atoms with Gasteiger partial charge < -0.3 is 14.5 Å². The second-order valence-electron chi connectivity index (χ2n) is 3.92. The SMILES string of the molecule is CC(=O)Nc1cccc(OCc2ccc(C=O)o2)c1. The Hall–Kier alpha value is -2.56. The molecule has 5 nitrogen and oxygen atoms in total. The number of furan rings is 1. The van der Waals surface area contributed by atoms with Crippen LogP contribution in [0.3, 0.4) is 0 Å². The van der Waals surface area contributed by atoms with Crippen LogP contribution >= 0.6 is 0 Å². The molecule has 0 fully saturated rings. The minimum atomic E-state index is -0.140. The molecule has 1 amide bonds. The Balaban J connectivity index is 1.98. The van der Waals surface area contributed by atoms with E-state index in [4.69, 9.17) is 9.15 Å². The number of ether oxygens (including phenoxy) is 1. The van der Waals surface area contributed by atoms with Crippen molar-refractivity contribution in [1.82, 2.24) is 0 Å². The van der Waals surface area contributed by atoms with Gasteiger partial charge in [0.25, 0.3) is 0 Å². The lowest BCUT2D eigenvalue weighted by Crippen LogP contribution is -2.05. The first-order valence-corrected chi connectivity index (χ1v) is 5.72. The van der Waals surface area contributed by atoms with Crippen LogP contribution in [0.4, 0.5) is 5.69 Å². The summed E-state index contributed by atoms with van der Waals surface area (Å²) in [5, 5.41) is 2.67. The largest absolute Gasteiger partial charge is 0.486 e. The summed E-state index contributed by atoms with van der Waals surface area (Å²) in [5.41, 5.74) is 0.665. The zero-order valence-electron chi connectivity index (χ0n) is 10.4. The van der Waals surface area contributed by atoms with E-state index in [1.165, 1.54) is 6.92 Å². The van der Waals surface area contributed by atoms with E-state index >= 15 is 0 Å². The molecule has 0 aliphatic carbocycles. The van der Waals surface area contributed by atoms with Gasteiger partial charge >= 0.3 is 0 Å². The molecule has 1 aromatic carbocycles. The van der Waals surface area contributed by atoms with Crippen LogP contribution in [0, 0.1) is 0 Å². The number of rotatable bonds is 5. The lowest BCUT2D eigenvalue weighted by molar-refractivity contribution is -0.114. The van der Waals surface area contributed by atoms with Crippen LogP contribution in [-0.2, 0) is 11.4 Å². The average molecular weight is 259 g/mol. The maximum atomic E-state index is 10.9. The Morgan fingerprint density at radius 2 is 2.21 bits per heavy atom. The summed E-state index contributed by atoms with van der Waals surface area (Å²) in [6.45, 7) is 1.66. The minimum absolute atomic E-state index is 0.140. The van der Waals surface area contributed by atoms with Crippen molar-refractivity contribution in [3.05, 3.63) is 47.9 Å². The zero-order chi connectivity index (χ0) is 13.7. The van der Waals surface area contributed by atoms with E-state index in [9.17, 15) is 9.59 Å². The normalized spacial score (nSPS) is 9.95. The van der Waals surface area contributed by atoms with Gasteiger partial charge in [0.2, 0.25) is 5.91 Å². The third kappa shape index (κ3) is 3.70. The van der Waals surface area contributed by atoms with Gasteiger partial charge in [0.1, 0.15) is 18.1 Å². The first-order chi connectivity index (χ1) is 9.17. The van der Waals surface area contributed by atoms with Gasteiger partial charge in [-0.3, -0.25) is 9.59 Å². The van der Waals surface area contributed by atoms with E-state index in [1.807, 2.05) is 0 Å². The molecule has 0 spiro atoms. The Morgan fingerprint density at radius 1 is 1.37 bits per heavy atom. The molecule has 0 bridgehead atoms. The fraction of sp³-hybridized carbons (Fsp3) is 0.143.